The van der Waals surface area contributed by atoms with Crippen molar-refractivity contribution in [2.45, 2.75) is 31.0 Å². The van der Waals surface area contributed by atoms with E-state index < -0.39 is 46.3 Å². The van der Waals surface area contributed by atoms with Gasteiger partial charge >= 0.3 is 15.6 Å². The highest BCUT2D eigenvalue weighted by atomic mass is 31.3. The maximum Gasteiger partial charge on any atom is 0.481 e. The minimum absolute atomic E-state index is 0.116. The van der Waals surface area contributed by atoms with E-state index in [1.54, 1.807) is 0 Å². The van der Waals surface area contributed by atoms with Crippen LogP contribution in [0.15, 0.2) is 42.9 Å². The average molecular weight is 540 g/mol. The van der Waals surface area contributed by atoms with Crippen LogP contribution in [0.3, 0.4) is 0 Å². The van der Waals surface area contributed by atoms with Crippen molar-refractivity contribution in [3.05, 3.63) is 54.0 Å². The maximum absolute atomic E-state index is 11.8. The van der Waals surface area contributed by atoms with Gasteiger partial charge in [-0.15, -0.1) is 0 Å². The van der Waals surface area contributed by atoms with Crippen LogP contribution in [0.4, 0.5) is 5.82 Å². The molecule has 0 bridgehead atoms. The summed E-state index contributed by atoms with van der Waals surface area (Å²) in [6, 6.07) is 9.13. The minimum atomic E-state index is -5.34. The normalized spacial score (nSPS) is 25.9. The van der Waals surface area contributed by atoms with Crippen LogP contribution in [0.5, 0.6) is 0 Å². The van der Waals surface area contributed by atoms with Crippen LogP contribution in [0.2, 0.25) is 0 Å². The first-order valence-electron chi connectivity index (χ1n) is 10.3. The number of fused-ring (bicyclic) bond motifs is 1. The predicted octanol–water partition coefficient (Wildman–Crippen LogP) is 0.649. The molecule has 1 aliphatic heterocycles. The fourth-order valence-corrected chi connectivity index (χ4v) is 5.35. The van der Waals surface area contributed by atoms with E-state index in [9.17, 15) is 24.2 Å². The van der Waals surface area contributed by atoms with E-state index in [-0.39, 0.29) is 11.5 Å². The molecule has 1 fully saturated rings. The zero-order chi connectivity index (χ0) is 26.3. The highest BCUT2D eigenvalue weighted by molar-refractivity contribution is 7.60. The fraction of sp³-hybridized carbons (Fsp3) is 0.300. The summed E-state index contributed by atoms with van der Waals surface area (Å²) in [7, 11) is -10.5. The van der Waals surface area contributed by atoms with Gasteiger partial charge in [0.1, 0.15) is 35.6 Å². The van der Waals surface area contributed by atoms with E-state index >= 15 is 0 Å². The van der Waals surface area contributed by atoms with Crippen molar-refractivity contribution in [2.24, 2.45) is 0 Å². The lowest BCUT2D eigenvalue weighted by Gasteiger charge is -2.27. The standard InChI is InChI=1S/C20H22N4O10P2/c1-20(26)16(25)14(10-32-36(30,31)34-35(27,28)29)33-19(20)24-9-13(8-7-12-5-3-2-4-6-12)15-17(21)22-11-23-18(15)24/h2-6,9,11,14,16,19,25-26H,10H2,1H3,(H,30,31)(H2,21,22,23)(H2,27,28,29)/t14-,16-,19-,20-/m1/s1. The second-order valence-corrected chi connectivity index (χ2v) is 10.9. The second-order valence-electron chi connectivity index (χ2n) is 8.06. The summed E-state index contributed by atoms with van der Waals surface area (Å²) in [5.74, 6) is 6.10. The summed E-state index contributed by atoms with van der Waals surface area (Å²) in [6.07, 6.45) is -1.65. The van der Waals surface area contributed by atoms with Crippen LogP contribution in [-0.4, -0.2) is 63.8 Å². The summed E-state index contributed by atoms with van der Waals surface area (Å²) in [5, 5.41) is 22.1. The lowest BCUT2D eigenvalue weighted by molar-refractivity contribution is -0.0947. The highest BCUT2D eigenvalue weighted by Crippen LogP contribution is 2.58. The molecular formula is C20H22N4O10P2. The number of hydrogen-bond donors (Lipinski definition) is 6. The van der Waals surface area contributed by atoms with Gasteiger partial charge in [-0.3, -0.25) is 4.52 Å². The number of aliphatic hydroxyl groups excluding tert-OH is 1. The summed E-state index contributed by atoms with van der Waals surface area (Å²) >= 11 is 0. The Morgan fingerprint density at radius 1 is 1.19 bits per heavy atom. The number of phosphoric acid groups is 2. The maximum atomic E-state index is 11.8. The average Bonchev–Trinajstić information content (AvgIpc) is 3.25. The van der Waals surface area contributed by atoms with Crippen molar-refractivity contribution in [2.75, 3.05) is 12.3 Å². The van der Waals surface area contributed by atoms with Crippen molar-refractivity contribution in [3.8, 4) is 11.8 Å². The Morgan fingerprint density at radius 3 is 2.56 bits per heavy atom. The van der Waals surface area contributed by atoms with Crippen LogP contribution in [0, 0.1) is 11.8 Å². The number of phosphoric ester groups is 1. The molecule has 4 rings (SSSR count). The van der Waals surface area contributed by atoms with Crippen molar-refractivity contribution in [1.29, 1.82) is 0 Å². The van der Waals surface area contributed by atoms with Crippen molar-refractivity contribution in [1.82, 2.24) is 14.5 Å². The highest BCUT2D eigenvalue weighted by Gasteiger charge is 2.54. The van der Waals surface area contributed by atoms with E-state index in [0.29, 0.717) is 10.9 Å². The molecule has 1 saturated heterocycles. The molecule has 0 saturated carbocycles. The van der Waals surface area contributed by atoms with Gasteiger partial charge in [-0.2, -0.15) is 4.31 Å². The topological polar surface area (TPSA) is 220 Å². The van der Waals surface area contributed by atoms with E-state index in [0.717, 1.165) is 5.56 Å². The van der Waals surface area contributed by atoms with Gasteiger partial charge in [-0.1, -0.05) is 30.0 Å². The van der Waals surface area contributed by atoms with Gasteiger partial charge in [0.25, 0.3) is 0 Å². The SMILES string of the molecule is C[C@@]1(O)[C@H](O)[C@@H](COP(=O)(O)OP(=O)(O)O)O[C@H]1n1cc(C#Cc2ccccc2)c2c(N)ncnc21. The van der Waals surface area contributed by atoms with Crippen molar-refractivity contribution >= 4 is 32.5 Å². The number of anilines is 1. The smallest absolute Gasteiger partial charge is 0.387 e. The molecule has 1 aromatic carbocycles. The van der Waals surface area contributed by atoms with Gasteiger partial charge in [0.2, 0.25) is 0 Å². The molecule has 5 atom stereocenters. The van der Waals surface area contributed by atoms with Crippen molar-refractivity contribution in [3.63, 3.8) is 0 Å². The molecule has 16 heteroatoms. The van der Waals surface area contributed by atoms with Crippen LogP contribution < -0.4 is 5.73 Å². The number of rotatable bonds is 6. The zero-order valence-corrected chi connectivity index (χ0v) is 20.4. The van der Waals surface area contributed by atoms with Crippen molar-refractivity contribution < 1.29 is 47.6 Å². The number of nitrogen functional groups attached to an aromatic ring is 1. The molecule has 192 valence electrons. The summed E-state index contributed by atoms with van der Waals surface area (Å²) in [4.78, 5) is 35.2. The van der Waals surface area contributed by atoms with Gasteiger partial charge in [0.15, 0.2) is 6.23 Å². The quantitative estimate of drug-likeness (QED) is 0.187. The van der Waals surface area contributed by atoms with Crippen LogP contribution in [0.25, 0.3) is 11.0 Å². The van der Waals surface area contributed by atoms with Gasteiger partial charge in [-0.25, -0.2) is 19.1 Å². The second kappa shape index (κ2) is 9.66. The molecule has 0 radical (unpaired) electrons. The molecule has 14 nitrogen and oxygen atoms in total. The van der Waals surface area contributed by atoms with E-state index in [2.05, 4.69) is 30.6 Å². The first-order valence-corrected chi connectivity index (χ1v) is 13.3. The number of benzene rings is 1. The molecule has 36 heavy (non-hydrogen) atoms. The third kappa shape index (κ3) is 5.51. The van der Waals surface area contributed by atoms with E-state index in [4.69, 9.17) is 20.3 Å². The molecule has 1 unspecified atom stereocenters. The zero-order valence-electron chi connectivity index (χ0n) is 18.6. The number of aliphatic hydroxyl groups is 2. The molecule has 7 N–H and O–H groups in total. The number of aromatic nitrogens is 3. The lowest BCUT2D eigenvalue weighted by atomic mass is 9.96. The number of nitrogens with zero attached hydrogens (tertiary/aromatic N) is 3. The molecule has 3 aromatic rings. The number of hydrogen-bond acceptors (Lipinski definition) is 10. The minimum Gasteiger partial charge on any atom is -0.387 e. The Hall–Kier alpha value is -2.66. The largest absolute Gasteiger partial charge is 0.481 e. The molecule has 3 heterocycles. The third-order valence-corrected chi connectivity index (χ3v) is 7.52. The van der Waals surface area contributed by atoms with Gasteiger partial charge < -0.3 is 39.9 Å². The fourth-order valence-electron chi connectivity index (χ4n) is 3.75. The summed E-state index contributed by atoms with van der Waals surface area (Å²) in [6.45, 7) is 0.414. The number of ether oxygens (including phenoxy) is 1. The third-order valence-electron chi connectivity index (χ3n) is 5.37. The number of nitrogens with two attached hydrogens (primary N) is 1. The lowest BCUT2D eigenvalue weighted by Crippen LogP contribution is -2.44. The first kappa shape index (κ1) is 26.4. The molecule has 1 aliphatic rings. The van der Waals surface area contributed by atoms with Gasteiger partial charge in [-0.05, 0) is 19.1 Å². The Labute approximate surface area is 204 Å². The van der Waals surface area contributed by atoms with Gasteiger partial charge in [0, 0.05) is 11.8 Å². The predicted molar refractivity (Wildman–Crippen MR) is 124 cm³/mol. The Balaban J connectivity index is 1.67. The molecular weight excluding hydrogens is 518 g/mol. The molecule has 0 aliphatic carbocycles. The van der Waals surface area contributed by atoms with E-state index in [1.165, 1.54) is 24.0 Å². The molecule has 0 spiro atoms. The Morgan fingerprint density at radius 2 is 1.89 bits per heavy atom. The van der Waals surface area contributed by atoms with Crippen LogP contribution in [0.1, 0.15) is 24.3 Å². The summed E-state index contributed by atoms with van der Waals surface area (Å²) in [5.41, 5.74) is 5.46. The molecule has 2 aromatic heterocycles. The van der Waals surface area contributed by atoms with Crippen LogP contribution >= 0.6 is 15.6 Å². The first-order chi connectivity index (χ1) is 16.8. The van der Waals surface area contributed by atoms with E-state index in [1.807, 2.05) is 30.3 Å². The Bertz CT molecular complexity index is 1430. The summed E-state index contributed by atoms with van der Waals surface area (Å²) < 4.78 is 38.0. The molecule has 0 amide bonds. The Kier molecular flexibility index (Phi) is 7.09. The van der Waals surface area contributed by atoms with Crippen LogP contribution in [-0.2, 0) is 22.7 Å². The van der Waals surface area contributed by atoms with Gasteiger partial charge in [0.05, 0.1) is 17.6 Å². The monoisotopic (exact) mass is 540 g/mol.